The first kappa shape index (κ1) is 17.0. The molecule has 8 heteroatoms. The first-order chi connectivity index (χ1) is 8.83. The fourth-order valence-corrected chi connectivity index (χ4v) is 3.48. The highest BCUT2D eigenvalue weighted by Crippen LogP contribution is 2.20. The van der Waals surface area contributed by atoms with Gasteiger partial charge in [-0.1, -0.05) is 20.8 Å². The van der Waals surface area contributed by atoms with E-state index in [1.165, 1.54) is 10.6 Å². The van der Waals surface area contributed by atoms with Gasteiger partial charge in [-0.15, -0.1) is 5.10 Å². The lowest BCUT2D eigenvalue weighted by molar-refractivity contribution is 0.237. The van der Waals surface area contributed by atoms with Crippen molar-refractivity contribution < 1.29 is 8.42 Å². The molecule has 7 nitrogen and oxygen atoms in total. The van der Waals surface area contributed by atoms with E-state index >= 15 is 0 Å². The Balaban J connectivity index is 2.93. The van der Waals surface area contributed by atoms with Crippen LogP contribution in [0, 0.1) is 0 Å². The molecule has 0 aliphatic carbocycles. The fourth-order valence-electron chi connectivity index (χ4n) is 2.08. The zero-order valence-electron chi connectivity index (χ0n) is 13.4. The number of hydrogen-bond acceptors (Lipinski definition) is 5. The molecule has 1 heterocycles. The van der Waals surface area contributed by atoms with Gasteiger partial charge in [0.1, 0.15) is 0 Å². The number of hydrogen-bond donors (Lipinski definition) is 0. The average molecular weight is 303 g/mol. The van der Waals surface area contributed by atoms with Gasteiger partial charge in [0.25, 0.3) is 0 Å². The van der Waals surface area contributed by atoms with Gasteiger partial charge in [0.2, 0.25) is 10.0 Å². The second kappa shape index (κ2) is 5.40. The Morgan fingerprint density at radius 2 is 1.70 bits per heavy atom. The van der Waals surface area contributed by atoms with Crippen molar-refractivity contribution in [1.29, 1.82) is 0 Å². The van der Waals surface area contributed by atoms with Crippen molar-refractivity contribution in [3.8, 4) is 0 Å². The van der Waals surface area contributed by atoms with Gasteiger partial charge in [-0.05, 0) is 31.2 Å². The molecule has 0 saturated carbocycles. The van der Waals surface area contributed by atoms with Crippen molar-refractivity contribution in [3.63, 3.8) is 0 Å². The largest absolute Gasteiger partial charge is 0.228 e. The number of rotatable bonds is 4. The molecular formula is C12H25N5O2S. The lowest BCUT2D eigenvalue weighted by Gasteiger charge is -2.33. The molecule has 0 bridgehead atoms. The van der Waals surface area contributed by atoms with E-state index in [2.05, 4.69) is 15.5 Å². The van der Waals surface area contributed by atoms with Crippen LogP contribution in [0.5, 0.6) is 0 Å². The minimum atomic E-state index is -3.27. The summed E-state index contributed by atoms with van der Waals surface area (Å²) in [6.45, 7) is 12.5. The summed E-state index contributed by atoms with van der Waals surface area (Å²) in [6.07, 6.45) is 1.22. The summed E-state index contributed by atoms with van der Waals surface area (Å²) in [6, 6.07) is 0. The van der Waals surface area contributed by atoms with Gasteiger partial charge in [0, 0.05) is 17.5 Å². The van der Waals surface area contributed by atoms with E-state index in [-0.39, 0.29) is 5.41 Å². The molecule has 1 rings (SSSR count). The van der Waals surface area contributed by atoms with Crippen LogP contribution in [0.25, 0.3) is 0 Å². The first-order valence-corrected chi connectivity index (χ1v) is 8.43. The van der Waals surface area contributed by atoms with Crippen LogP contribution in [-0.4, -0.2) is 51.3 Å². The van der Waals surface area contributed by atoms with Gasteiger partial charge in [-0.25, -0.2) is 13.1 Å². The topological polar surface area (TPSA) is 81.0 Å². The second-order valence-corrected chi connectivity index (χ2v) is 8.89. The molecule has 1 aromatic rings. The van der Waals surface area contributed by atoms with E-state index in [0.29, 0.717) is 13.1 Å². The third-order valence-corrected chi connectivity index (χ3v) is 4.40. The maximum atomic E-state index is 11.9. The highest BCUT2D eigenvalue weighted by molar-refractivity contribution is 7.88. The smallest absolute Gasteiger partial charge is 0.211 e. The summed E-state index contributed by atoms with van der Waals surface area (Å²) in [7, 11) is -3.27. The minimum Gasteiger partial charge on any atom is -0.228 e. The van der Waals surface area contributed by atoms with E-state index in [9.17, 15) is 8.42 Å². The number of sulfonamides is 1. The summed E-state index contributed by atoms with van der Waals surface area (Å²) < 4.78 is 26.9. The van der Waals surface area contributed by atoms with Crippen molar-refractivity contribution in [2.75, 3.05) is 12.8 Å². The standard InChI is InChI=1S/C12H25N5O2S/c1-11(2,3)10-13-14-15-16(10)8-9-17(12(4,5)6)20(7,18)19/h8-9H2,1-7H3. The Labute approximate surface area is 121 Å². The molecule has 116 valence electrons. The zero-order chi connectivity index (χ0) is 15.8. The third kappa shape index (κ3) is 4.24. The SMILES string of the molecule is CC(C)(C)c1nnnn1CCN(C(C)(C)C)S(C)(=O)=O. The molecule has 0 aliphatic rings. The predicted molar refractivity (Wildman–Crippen MR) is 77.8 cm³/mol. The van der Waals surface area contributed by atoms with Crippen LogP contribution in [0.1, 0.15) is 47.4 Å². The molecule has 0 spiro atoms. The van der Waals surface area contributed by atoms with Crippen LogP contribution in [0.15, 0.2) is 0 Å². The van der Waals surface area contributed by atoms with Gasteiger partial charge in [0.05, 0.1) is 12.8 Å². The Morgan fingerprint density at radius 3 is 2.10 bits per heavy atom. The fraction of sp³-hybridized carbons (Fsp3) is 0.917. The Morgan fingerprint density at radius 1 is 1.15 bits per heavy atom. The highest BCUT2D eigenvalue weighted by Gasteiger charge is 2.30. The van der Waals surface area contributed by atoms with Crippen LogP contribution in [0.2, 0.25) is 0 Å². The van der Waals surface area contributed by atoms with E-state index in [1.807, 2.05) is 41.5 Å². The molecule has 0 amide bonds. The number of tetrazole rings is 1. The van der Waals surface area contributed by atoms with Crippen LogP contribution < -0.4 is 0 Å². The maximum absolute atomic E-state index is 11.9. The van der Waals surface area contributed by atoms with Crippen molar-refractivity contribution in [2.24, 2.45) is 0 Å². The molecule has 0 aromatic carbocycles. The lowest BCUT2D eigenvalue weighted by Crippen LogP contribution is -2.46. The molecule has 1 aromatic heterocycles. The van der Waals surface area contributed by atoms with Crippen molar-refractivity contribution in [3.05, 3.63) is 5.82 Å². The van der Waals surface area contributed by atoms with Gasteiger partial charge in [-0.2, -0.15) is 4.31 Å². The molecule has 20 heavy (non-hydrogen) atoms. The monoisotopic (exact) mass is 303 g/mol. The summed E-state index contributed by atoms with van der Waals surface area (Å²) >= 11 is 0. The summed E-state index contributed by atoms with van der Waals surface area (Å²) in [5.74, 6) is 0.750. The average Bonchev–Trinajstić information content (AvgIpc) is 2.60. The van der Waals surface area contributed by atoms with Crippen LogP contribution in [-0.2, 0) is 22.0 Å². The number of aromatic nitrogens is 4. The van der Waals surface area contributed by atoms with Gasteiger partial charge >= 0.3 is 0 Å². The number of nitrogens with zero attached hydrogens (tertiary/aromatic N) is 5. The molecule has 0 fully saturated rings. The van der Waals surface area contributed by atoms with Gasteiger partial charge in [0.15, 0.2) is 5.82 Å². The zero-order valence-corrected chi connectivity index (χ0v) is 14.2. The maximum Gasteiger partial charge on any atom is 0.211 e. The van der Waals surface area contributed by atoms with Crippen LogP contribution >= 0.6 is 0 Å². The summed E-state index contributed by atoms with van der Waals surface area (Å²) in [4.78, 5) is 0. The van der Waals surface area contributed by atoms with Gasteiger partial charge < -0.3 is 0 Å². The molecule has 0 radical (unpaired) electrons. The van der Waals surface area contributed by atoms with E-state index in [0.717, 1.165) is 5.82 Å². The Kier molecular flexibility index (Phi) is 4.60. The molecule has 0 atom stereocenters. The molecule has 0 N–H and O–H groups in total. The molecule has 0 saturated heterocycles. The third-order valence-electron chi connectivity index (χ3n) is 2.87. The second-order valence-electron chi connectivity index (χ2n) is 6.98. The molecular weight excluding hydrogens is 278 g/mol. The molecule has 0 unspecified atom stereocenters. The van der Waals surface area contributed by atoms with E-state index in [1.54, 1.807) is 4.68 Å². The highest BCUT2D eigenvalue weighted by atomic mass is 32.2. The van der Waals surface area contributed by atoms with Crippen molar-refractivity contribution in [1.82, 2.24) is 24.5 Å². The van der Waals surface area contributed by atoms with Crippen LogP contribution in [0.4, 0.5) is 0 Å². The van der Waals surface area contributed by atoms with Crippen molar-refractivity contribution >= 4 is 10.0 Å². The normalized spacial score (nSPS) is 14.0. The minimum absolute atomic E-state index is 0.179. The summed E-state index contributed by atoms with van der Waals surface area (Å²) in [5, 5.41) is 11.7. The molecule has 0 aliphatic heterocycles. The van der Waals surface area contributed by atoms with E-state index < -0.39 is 15.6 Å². The van der Waals surface area contributed by atoms with Crippen LogP contribution in [0.3, 0.4) is 0 Å². The lowest BCUT2D eigenvalue weighted by atomic mass is 9.96. The quantitative estimate of drug-likeness (QED) is 0.830. The Bertz CT molecular complexity index is 551. The van der Waals surface area contributed by atoms with Gasteiger partial charge in [-0.3, -0.25) is 0 Å². The van der Waals surface area contributed by atoms with E-state index in [4.69, 9.17) is 0 Å². The van der Waals surface area contributed by atoms with Crippen molar-refractivity contribution in [2.45, 2.75) is 59.0 Å². The summed E-state index contributed by atoms with van der Waals surface area (Å²) in [5.41, 5.74) is -0.648. The predicted octanol–water partition coefficient (Wildman–Crippen LogP) is 1.03. The first-order valence-electron chi connectivity index (χ1n) is 6.58. The Hall–Kier alpha value is -1.02.